The van der Waals surface area contributed by atoms with Gasteiger partial charge in [0.15, 0.2) is 0 Å². The van der Waals surface area contributed by atoms with E-state index in [0.29, 0.717) is 5.75 Å². The highest BCUT2D eigenvalue weighted by Gasteiger charge is 2.28. The second-order valence-corrected chi connectivity index (χ2v) is 8.47. The first-order valence-corrected chi connectivity index (χ1v) is 11.5. The average molecular weight is 566 g/mol. The molecule has 0 fully saturated rings. The van der Waals surface area contributed by atoms with Crippen LogP contribution in [0.5, 0.6) is 17.2 Å². The third kappa shape index (κ3) is 5.55. The molecule has 0 bridgehead atoms. The largest absolute Gasteiger partial charge is 0.497 e. The van der Waals surface area contributed by atoms with Gasteiger partial charge in [-0.25, -0.2) is 13.5 Å². The monoisotopic (exact) mass is 565 g/mol. The molecule has 3 aromatic carbocycles. The zero-order valence-electron chi connectivity index (χ0n) is 20.6. The molecule has 8 nitrogen and oxygen atoms in total. The number of carbonyl (C=O) groups excluding carboxylic acids is 1. The van der Waals surface area contributed by atoms with Crippen molar-refractivity contribution >= 4 is 23.2 Å². The molecular weight excluding hydrogens is 546 g/mol. The smallest absolute Gasteiger partial charge is 0.387 e. The third-order valence-corrected chi connectivity index (χ3v) is 5.89. The highest BCUT2D eigenvalue weighted by molar-refractivity contribution is 6.30. The van der Waals surface area contributed by atoms with Gasteiger partial charge in [0.1, 0.15) is 40.3 Å². The van der Waals surface area contributed by atoms with E-state index < -0.39 is 41.0 Å². The van der Waals surface area contributed by atoms with Crippen LogP contribution in [0.1, 0.15) is 10.4 Å². The number of amides is 1. The molecule has 39 heavy (non-hydrogen) atoms. The van der Waals surface area contributed by atoms with Gasteiger partial charge in [-0.15, -0.1) is 0 Å². The number of carbonyl (C=O) groups is 1. The Bertz CT molecular complexity index is 1580. The van der Waals surface area contributed by atoms with Gasteiger partial charge in [0.2, 0.25) is 0 Å². The summed E-state index contributed by atoms with van der Waals surface area (Å²) in [4.78, 5) is 26.7. The fraction of sp³-hybridized carbons (Fsp3) is 0.154. The molecule has 1 N–H and O–H groups in total. The van der Waals surface area contributed by atoms with Crippen molar-refractivity contribution in [2.24, 2.45) is 7.05 Å². The van der Waals surface area contributed by atoms with Crippen LogP contribution in [-0.2, 0) is 7.05 Å². The normalized spacial score (nSPS) is 11.0. The number of hydrogen-bond acceptors (Lipinski definition) is 5. The molecule has 13 heteroatoms. The van der Waals surface area contributed by atoms with E-state index in [9.17, 15) is 18.4 Å². The lowest BCUT2D eigenvalue weighted by atomic mass is 10.1. The first-order valence-electron chi connectivity index (χ1n) is 11.1. The summed E-state index contributed by atoms with van der Waals surface area (Å²) in [5.74, 6) is -2.98. The number of rotatable bonds is 8. The predicted molar refractivity (Wildman–Crippen MR) is 136 cm³/mol. The summed E-state index contributed by atoms with van der Waals surface area (Å²) >= 11 is 6.17. The van der Waals surface area contributed by atoms with Gasteiger partial charge in [-0.2, -0.15) is 8.78 Å². The van der Waals surface area contributed by atoms with Crippen molar-refractivity contribution in [1.29, 1.82) is 0 Å². The lowest BCUT2D eigenvalue weighted by Gasteiger charge is -2.14. The minimum absolute atomic E-state index is 0.0440. The van der Waals surface area contributed by atoms with Crippen molar-refractivity contribution in [2.45, 2.75) is 6.61 Å². The summed E-state index contributed by atoms with van der Waals surface area (Å²) < 4.78 is 71.9. The molecule has 0 radical (unpaired) electrons. The Morgan fingerprint density at radius 1 is 0.923 bits per heavy atom. The molecule has 0 spiro atoms. The van der Waals surface area contributed by atoms with Crippen LogP contribution >= 0.6 is 11.6 Å². The molecule has 0 aliphatic carbocycles. The first kappa shape index (κ1) is 27.6. The van der Waals surface area contributed by atoms with Crippen LogP contribution in [0.25, 0.3) is 16.9 Å². The predicted octanol–water partition coefficient (Wildman–Crippen LogP) is 5.65. The number of benzene rings is 3. The Morgan fingerprint density at radius 3 is 2.08 bits per heavy atom. The van der Waals surface area contributed by atoms with Crippen LogP contribution in [0.3, 0.4) is 0 Å². The molecule has 0 saturated carbocycles. The van der Waals surface area contributed by atoms with Gasteiger partial charge in [-0.3, -0.25) is 14.3 Å². The standard InChI is InChI=1S/C26H20ClF4N3O5/c1-33-23(21-19(28)11-18(38-3)12-20(21)29)22(25(36)34(33)15-8-14(27)9-17(10-15)37-2)32-24(35)13-4-6-16(7-5-13)39-26(30)31/h4-12,26H,1-3H3,(H,32,35). The number of alkyl halides is 2. The number of nitrogens with zero attached hydrogens (tertiary/aromatic N) is 2. The molecule has 1 aromatic heterocycles. The van der Waals surface area contributed by atoms with Gasteiger partial charge < -0.3 is 19.5 Å². The summed E-state index contributed by atoms with van der Waals surface area (Å²) in [6, 6.07) is 10.9. The molecule has 0 saturated heterocycles. The van der Waals surface area contributed by atoms with Crippen LogP contribution in [0.4, 0.5) is 23.2 Å². The highest BCUT2D eigenvalue weighted by Crippen LogP contribution is 2.35. The fourth-order valence-electron chi connectivity index (χ4n) is 3.95. The molecule has 0 atom stereocenters. The Labute approximate surface area is 223 Å². The topological polar surface area (TPSA) is 83.7 Å². The number of halogens is 5. The maximum absolute atomic E-state index is 15.2. The lowest BCUT2D eigenvalue weighted by Crippen LogP contribution is -2.23. The van der Waals surface area contributed by atoms with Crippen LogP contribution in [0.2, 0.25) is 5.02 Å². The van der Waals surface area contributed by atoms with E-state index in [1.807, 2.05) is 0 Å². The van der Waals surface area contributed by atoms with E-state index in [1.165, 1.54) is 51.6 Å². The Morgan fingerprint density at radius 2 is 1.51 bits per heavy atom. The minimum Gasteiger partial charge on any atom is -0.497 e. The molecule has 0 aliphatic heterocycles. The summed E-state index contributed by atoms with van der Waals surface area (Å²) in [6.07, 6.45) is 0. The average Bonchev–Trinajstić information content (AvgIpc) is 3.12. The van der Waals surface area contributed by atoms with Crippen LogP contribution in [0, 0.1) is 11.6 Å². The maximum Gasteiger partial charge on any atom is 0.387 e. The van der Waals surface area contributed by atoms with E-state index in [1.54, 1.807) is 0 Å². The van der Waals surface area contributed by atoms with Crippen LogP contribution < -0.4 is 25.1 Å². The second kappa shape index (κ2) is 11.1. The zero-order chi connectivity index (χ0) is 28.4. The molecule has 1 heterocycles. The minimum atomic E-state index is -3.06. The number of anilines is 1. The molecule has 0 aliphatic rings. The molecule has 1 amide bonds. The Kier molecular flexibility index (Phi) is 7.86. The van der Waals surface area contributed by atoms with Crippen molar-refractivity contribution in [3.8, 4) is 34.2 Å². The number of nitrogens with one attached hydrogen (secondary N) is 1. The first-order chi connectivity index (χ1) is 18.5. The molecule has 0 unspecified atom stereocenters. The number of hydrogen-bond donors (Lipinski definition) is 1. The van der Waals surface area contributed by atoms with Crippen molar-refractivity contribution in [1.82, 2.24) is 9.36 Å². The van der Waals surface area contributed by atoms with Gasteiger partial charge >= 0.3 is 6.61 Å². The zero-order valence-corrected chi connectivity index (χ0v) is 21.4. The van der Waals surface area contributed by atoms with Gasteiger partial charge in [-0.05, 0) is 36.4 Å². The number of methoxy groups -OCH3 is 2. The second-order valence-electron chi connectivity index (χ2n) is 8.04. The van der Waals surface area contributed by atoms with Gasteiger partial charge in [0, 0.05) is 35.8 Å². The van der Waals surface area contributed by atoms with Crippen molar-refractivity contribution in [2.75, 3.05) is 19.5 Å². The Balaban J connectivity index is 1.90. The van der Waals surface area contributed by atoms with Crippen molar-refractivity contribution in [3.63, 3.8) is 0 Å². The highest BCUT2D eigenvalue weighted by atomic mass is 35.5. The number of aromatic nitrogens is 2. The quantitative estimate of drug-likeness (QED) is 0.279. The van der Waals surface area contributed by atoms with E-state index in [4.69, 9.17) is 21.1 Å². The van der Waals surface area contributed by atoms with Gasteiger partial charge in [0.05, 0.1) is 25.5 Å². The molecule has 4 aromatic rings. The molecule has 4 rings (SSSR count). The third-order valence-electron chi connectivity index (χ3n) is 5.67. The molecular formula is C26H20ClF4N3O5. The molecule has 204 valence electrons. The van der Waals surface area contributed by atoms with Crippen molar-refractivity contribution in [3.05, 3.63) is 87.2 Å². The fourth-order valence-corrected chi connectivity index (χ4v) is 4.17. The Hall–Kier alpha value is -4.45. The lowest BCUT2D eigenvalue weighted by molar-refractivity contribution is -0.0498. The summed E-state index contributed by atoms with van der Waals surface area (Å²) in [7, 11) is 3.98. The SMILES string of the molecule is COc1cc(Cl)cc(-n2c(=O)c(NC(=O)c3ccc(OC(F)F)cc3)c(-c3c(F)cc(OC)cc3F)n2C)c1. The number of ether oxygens (including phenoxy) is 3. The van der Waals surface area contributed by atoms with Crippen LogP contribution in [-0.4, -0.2) is 36.1 Å². The van der Waals surface area contributed by atoms with E-state index >= 15 is 8.78 Å². The summed E-state index contributed by atoms with van der Waals surface area (Å²) in [5.41, 5.74) is -2.09. The van der Waals surface area contributed by atoms with Gasteiger partial charge in [0.25, 0.3) is 11.5 Å². The van der Waals surface area contributed by atoms with E-state index in [-0.39, 0.29) is 33.5 Å². The summed E-state index contributed by atoms with van der Waals surface area (Å²) in [5, 5.41) is 2.61. The summed E-state index contributed by atoms with van der Waals surface area (Å²) in [6.45, 7) is -3.06. The van der Waals surface area contributed by atoms with E-state index in [0.717, 1.165) is 33.6 Å². The van der Waals surface area contributed by atoms with Gasteiger partial charge in [-0.1, -0.05) is 11.6 Å². The maximum atomic E-state index is 15.2. The van der Waals surface area contributed by atoms with Crippen LogP contribution in [0.15, 0.2) is 59.4 Å². The van der Waals surface area contributed by atoms with E-state index in [2.05, 4.69) is 10.1 Å². The van der Waals surface area contributed by atoms with Crippen molar-refractivity contribution < 1.29 is 36.6 Å².